The van der Waals surface area contributed by atoms with Gasteiger partial charge in [0.05, 0.1) is 5.92 Å². The Bertz CT molecular complexity index is 218. The maximum atomic E-state index is 11.9. The van der Waals surface area contributed by atoms with E-state index in [9.17, 15) is 15.0 Å². The lowest BCUT2D eigenvalue weighted by atomic mass is 9.89. The van der Waals surface area contributed by atoms with Gasteiger partial charge in [-0.1, -0.05) is 46.5 Å². The largest absolute Gasteiger partial charge is 0.436 e. The van der Waals surface area contributed by atoms with Crippen LogP contribution >= 0.6 is 0 Å². The van der Waals surface area contributed by atoms with Gasteiger partial charge in [-0.2, -0.15) is 0 Å². The van der Waals surface area contributed by atoms with Crippen molar-refractivity contribution in [2.24, 2.45) is 11.8 Å². The van der Waals surface area contributed by atoms with Crippen molar-refractivity contribution < 1.29 is 19.7 Å². The molecule has 0 aliphatic carbocycles. The molecule has 0 amide bonds. The third-order valence-corrected chi connectivity index (χ3v) is 3.25. The fourth-order valence-electron chi connectivity index (χ4n) is 1.86. The highest BCUT2D eigenvalue weighted by molar-refractivity contribution is 5.72. The molecule has 0 aromatic carbocycles. The maximum absolute atomic E-state index is 11.9. The van der Waals surface area contributed by atoms with Crippen molar-refractivity contribution in [1.29, 1.82) is 0 Å². The summed E-state index contributed by atoms with van der Waals surface area (Å²) in [5.41, 5.74) is 0. The Balaban J connectivity index is 4.24. The Kier molecular flexibility index (Phi) is 9.98. The summed E-state index contributed by atoms with van der Waals surface area (Å²) in [6.07, 6.45) is 4.45. The van der Waals surface area contributed by atoms with Crippen molar-refractivity contribution in [3.8, 4) is 0 Å². The minimum absolute atomic E-state index is 0.0320. The zero-order valence-electron chi connectivity index (χ0n) is 11.9. The number of rotatable bonds is 10. The molecule has 3 unspecified atom stereocenters. The Hall–Kier alpha value is -0.610. The van der Waals surface area contributed by atoms with Crippen LogP contribution in [-0.4, -0.2) is 29.1 Å². The quantitative estimate of drug-likeness (QED) is 0.360. The van der Waals surface area contributed by atoms with E-state index in [0.717, 1.165) is 32.1 Å². The number of hydrogen-bond donors (Lipinski definition) is 2. The molecule has 18 heavy (non-hydrogen) atoms. The monoisotopic (exact) mass is 260 g/mol. The smallest absolute Gasteiger partial charge is 0.311 e. The number of carbonyl (C=O) groups excluding carboxylic acids is 1. The van der Waals surface area contributed by atoms with Gasteiger partial charge in [0.2, 0.25) is 0 Å². The fourth-order valence-corrected chi connectivity index (χ4v) is 1.86. The summed E-state index contributed by atoms with van der Waals surface area (Å²) in [6.45, 7) is 5.70. The molecule has 0 aliphatic rings. The van der Waals surface area contributed by atoms with Crippen LogP contribution in [0.1, 0.15) is 59.3 Å². The number of aliphatic hydroxyl groups excluding tert-OH is 2. The summed E-state index contributed by atoms with van der Waals surface area (Å²) in [5, 5.41) is 18.5. The van der Waals surface area contributed by atoms with Crippen LogP contribution in [0.15, 0.2) is 0 Å². The van der Waals surface area contributed by atoms with Gasteiger partial charge in [-0.05, 0) is 12.3 Å². The molecule has 4 nitrogen and oxygen atoms in total. The van der Waals surface area contributed by atoms with E-state index < -0.39 is 6.29 Å². The van der Waals surface area contributed by atoms with Crippen LogP contribution in [0.25, 0.3) is 0 Å². The van der Waals surface area contributed by atoms with Crippen LogP contribution < -0.4 is 0 Å². The summed E-state index contributed by atoms with van der Waals surface area (Å²) in [5.74, 6) is -0.821. The Labute approximate surface area is 110 Å². The van der Waals surface area contributed by atoms with Crippen LogP contribution in [0.2, 0.25) is 0 Å². The minimum Gasteiger partial charge on any atom is -0.436 e. The molecule has 0 spiro atoms. The van der Waals surface area contributed by atoms with Gasteiger partial charge in [0.15, 0.2) is 6.29 Å². The third-order valence-electron chi connectivity index (χ3n) is 3.25. The SMILES string of the molecule is CCCCCCC(C(=O)OC(O)CC)C(C)CO. The predicted octanol–water partition coefficient (Wildman–Crippen LogP) is 2.47. The van der Waals surface area contributed by atoms with E-state index in [1.807, 2.05) is 6.92 Å². The zero-order chi connectivity index (χ0) is 14.0. The number of esters is 1. The van der Waals surface area contributed by atoms with Gasteiger partial charge in [0.1, 0.15) is 0 Å². The molecule has 0 rings (SSSR count). The van der Waals surface area contributed by atoms with E-state index in [2.05, 4.69) is 6.92 Å². The predicted molar refractivity (Wildman–Crippen MR) is 70.9 cm³/mol. The Morgan fingerprint density at radius 2 is 1.89 bits per heavy atom. The summed E-state index contributed by atoms with van der Waals surface area (Å²) in [6, 6.07) is 0. The molecule has 0 aromatic heterocycles. The van der Waals surface area contributed by atoms with Gasteiger partial charge in [-0.15, -0.1) is 0 Å². The topological polar surface area (TPSA) is 66.8 Å². The highest BCUT2D eigenvalue weighted by Crippen LogP contribution is 2.21. The van der Waals surface area contributed by atoms with Gasteiger partial charge < -0.3 is 14.9 Å². The first-order valence-electron chi connectivity index (χ1n) is 7.06. The van der Waals surface area contributed by atoms with Gasteiger partial charge in [0.25, 0.3) is 0 Å². The van der Waals surface area contributed by atoms with Crippen molar-refractivity contribution in [3.63, 3.8) is 0 Å². The van der Waals surface area contributed by atoms with E-state index in [0.29, 0.717) is 6.42 Å². The second-order valence-corrected chi connectivity index (χ2v) is 4.92. The molecule has 0 fully saturated rings. The molecule has 3 atom stereocenters. The van der Waals surface area contributed by atoms with E-state index in [1.165, 1.54) is 0 Å². The number of ether oxygens (including phenoxy) is 1. The van der Waals surface area contributed by atoms with Crippen LogP contribution in [0, 0.1) is 11.8 Å². The van der Waals surface area contributed by atoms with Crippen molar-refractivity contribution in [3.05, 3.63) is 0 Å². The van der Waals surface area contributed by atoms with Gasteiger partial charge in [0, 0.05) is 13.0 Å². The second-order valence-electron chi connectivity index (χ2n) is 4.92. The molecule has 108 valence electrons. The first-order chi connectivity index (χ1) is 8.56. The molecule has 0 bridgehead atoms. The van der Waals surface area contributed by atoms with Crippen molar-refractivity contribution in [2.75, 3.05) is 6.61 Å². The molecule has 2 N–H and O–H groups in total. The Morgan fingerprint density at radius 3 is 2.39 bits per heavy atom. The summed E-state index contributed by atoms with van der Waals surface area (Å²) in [7, 11) is 0. The van der Waals surface area contributed by atoms with Crippen LogP contribution in [0.3, 0.4) is 0 Å². The van der Waals surface area contributed by atoms with E-state index in [1.54, 1.807) is 6.92 Å². The maximum Gasteiger partial charge on any atom is 0.311 e. The van der Waals surface area contributed by atoms with Crippen molar-refractivity contribution in [2.45, 2.75) is 65.6 Å². The average Bonchev–Trinajstić information content (AvgIpc) is 2.37. The van der Waals surface area contributed by atoms with Crippen molar-refractivity contribution >= 4 is 5.97 Å². The molecular formula is C14H28O4. The lowest BCUT2D eigenvalue weighted by Gasteiger charge is -2.22. The van der Waals surface area contributed by atoms with Crippen LogP contribution in [0.4, 0.5) is 0 Å². The highest BCUT2D eigenvalue weighted by Gasteiger charge is 2.27. The minimum atomic E-state index is -1.03. The normalized spacial score (nSPS) is 16.1. The number of unbranched alkanes of at least 4 members (excludes halogenated alkanes) is 3. The lowest BCUT2D eigenvalue weighted by molar-refractivity contribution is -0.175. The number of carbonyl (C=O) groups is 1. The van der Waals surface area contributed by atoms with Crippen molar-refractivity contribution in [1.82, 2.24) is 0 Å². The standard InChI is InChI=1S/C14H28O4/c1-4-6-7-8-9-12(11(3)10-15)14(17)18-13(16)5-2/h11-13,15-16H,4-10H2,1-3H3. The molecular weight excluding hydrogens is 232 g/mol. The first-order valence-corrected chi connectivity index (χ1v) is 7.06. The summed E-state index contributed by atoms with van der Waals surface area (Å²) < 4.78 is 4.95. The molecule has 0 heterocycles. The molecule has 0 aromatic rings. The average molecular weight is 260 g/mol. The fraction of sp³-hybridized carbons (Fsp3) is 0.929. The van der Waals surface area contributed by atoms with Gasteiger partial charge in [-0.25, -0.2) is 0 Å². The zero-order valence-corrected chi connectivity index (χ0v) is 11.9. The summed E-state index contributed by atoms with van der Waals surface area (Å²) >= 11 is 0. The van der Waals surface area contributed by atoms with E-state index >= 15 is 0 Å². The number of aliphatic hydroxyl groups is 2. The molecule has 0 radical (unpaired) electrons. The second kappa shape index (κ2) is 10.3. The Morgan fingerprint density at radius 1 is 1.22 bits per heavy atom. The summed E-state index contributed by atoms with van der Waals surface area (Å²) in [4.78, 5) is 11.9. The van der Waals surface area contributed by atoms with Crippen LogP contribution in [-0.2, 0) is 9.53 Å². The van der Waals surface area contributed by atoms with Crippen LogP contribution in [0.5, 0.6) is 0 Å². The number of hydrogen-bond acceptors (Lipinski definition) is 4. The molecule has 4 heteroatoms. The van der Waals surface area contributed by atoms with E-state index in [4.69, 9.17) is 4.74 Å². The van der Waals surface area contributed by atoms with Gasteiger partial charge in [-0.3, -0.25) is 4.79 Å². The third kappa shape index (κ3) is 6.97. The van der Waals surface area contributed by atoms with E-state index in [-0.39, 0.29) is 24.4 Å². The molecule has 0 saturated carbocycles. The van der Waals surface area contributed by atoms with Gasteiger partial charge >= 0.3 is 5.97 Å². The first kappa shape index (κ1) is 17.4. The lowest BCUT2D eigenvalue weighted by Crippen LogP contribution is -2.29. The highest BCUT2D eigenvalue weighted by atomic mass is 16.6. The molecule has 0 aliphatic heterocycles. The molecule has 0 saturated heterocycles.